The first kappa shape index (κ1) is 12.6. The van der Waals surface area contributed by atoms with E-state index in [-0.39, 0.29) is 5.56 Å². The summed E-state index contributed by atoms with van der Waals surface area (Å²) < 4.78 is 0. The molecule has 0 spiro atoms. The third-order valence-corrected chi connectivity index (χ3v) is 3.25. The molecule has 18 heavy (non-hydrogen) atoms. The zero-order valence-corrected chi connectivity index (χ0v) is 11.0. The van der Waals surface area contributed by atoms with Crippen LogP contribution < -0.4 is 10.9 Å². The molecule has 0 aliphatic carbocycles. The lowest BCUT2D eigenvalue weighted by Crippen LogP contribution is -2.08. The predicted octanol–water partition coefficient (Wildman–Crippen LogP) is 1.81. The summed E-state index contributed by atoms with van der Waals surface area (Å²) in [7, 11) is 1.83. The maximum Gasteiger partial charge on any atom is 0.251 e. The molecule has 0 fully saturated rings. The molecule has 6 heteroatoms. The molecule has 0 aliphatic heterocycles. The van der Waals surface area contributed by atoms with Crippen molar-refractivity contribution in [2.75, 3.05) is 12.4 Å². The molecule has 0 atom stereocenters. The number of aromatic amines is 1. The van der Waals surface area contributed by atoms with E-state index in [1.807, 2.05) is 26.1 Å². The van der Waals surface area contributed by atoms with Crippen LogP contribution in [0.2, 0.25) is 0 Å². The molecule has 2 rings (SSSR count). The number of nitrogens with one attached hydrogen (secondary N) is 2. The molecule has 5 nitrogen and oxygen atoms in total. The van der Waals surface area contributed by atoms with Gasteiger partial charge in [0.15, 0.2) is 5.16 Å². The van der Waals surface area contributed by atoms with Crippen LogP contribution in [0.5, 0.6) is 0 Å². The van der Waals surface area contributed by atoms with E-state index < -0.39 is 0 Å². The van der Waals surface area contributed by atoms with Crippen LogP contribution >= 0.6 is 11.8 Å². The van der Waals surface area contributed by atoms with E-state index in [9.17, 15) is 4.79 Å². The maximum absolute atomic E-state index is 11.3. The number of anilines is 1. The first-order chi connectivity index (χ1) is 8.67. The third-order valence-electron chi connectivity index (χ3n) is 2.30. The third kappa shape index (κ3) is 3.33. The van der Waals surface area contributed by atoms with Crippen molar-refractivity contribution < 1.29 is 0 Å². The van der Waals surface area contributed by atoms with Crippen molar-refractivity contribution in [2.45, 2.75) is 17.8 Å². The molecule has 0 amide bonds. The molecule has 2 aromatic heterocycles. The molecule has 0 bridgehead atoms. The number of H-pyrrole nitrogens is 1. The van der Waals surface area contributed by atoms with Crippen LogP contribution in [0.1, 0.15) is 11.3 Å². The van der Waals surface area contributed by atoms with E-state index >= 15 is 0 Å². The molecule has 0 unspecified atom stereocenters. The second-order valence-electron chi connectivity index (χ2n) is 3.78. The number of nitrogens with zero attached hydrogens (tertiary/aromatic N) is 2. The van der Waals surface area contributed by atoms with Gasteiger partial charge in [-0.2, -0.15) is 0 Å². The summed E-state index contributed by atoms with van der Waals surface area (Å²) in [6.45, 7) is 1.81. The van der Waals surface area contributed by atoms with Crippen LogP contribution in [0.25, 0.3) is 0 Å². The Labute approximate surface area is 109 Å². The van der Waals surface area contributed by atoms with Crippen LogP contribution in [-0.2, 0) is 5.75 Å². The van der Waals surface area contributed by atoms with Crippen LogP contribution in [0.3, 0.4) is 0 Å². The molecule has 0 saturated heterocycles. The Hall–Kier alpha value is -1.82. The summed E-state index contributed by atoms with van der Waals surface area (Å²) in [5.41, 5.74) is 1.74. The molecule has 2 aromatic rings. The minimum atomic E-state index is -0.115. The van der Waals surface area contributed by atoms with E-state index in [2.05, 4.69) is 20.3 Å². The fourth-order valence-electron chi connectivity index (χ4n) is 1.47. The molecule has 2 N–H and O–H groups in total. The van der Waals surface area contributed by atoms with Gasteiger partial charge in [0, 0.05) is 30.8 Å². The number of pyridine rings is 1. The van der Waals surface area contributed by atoms with E-state index in [1.54, 1.807) is 6.20 Å². The molecule has 0 saturated carbocycles. The van der Waals surface area contributed by atoms with Crippen LogP contribution in [-0.4, -0.2) is 22.0 Å². The summed E-state index contributed by atoms with van der Waals surface area (Å²) in [5, 5.41) is 3.63. The minimum absolute atomic E-state index is 0.115. The van der Waals surface area contributed by atoms with E-state index in [1.165, 1.54) is 17.8 Å². The van der Waals surface area contributed by atoms with Gasteiger partial charge in [0.2, 0.25) is 0 Å². The van der Waals surface area contributed by atoms with Crippen LogP contribution in [0, 0.1) is 6.92 Å². The van der Waals surface area contributed by atoms with E-state index in [0.717, 1.165) is 22.8 Å². The van der Waals surface area contributed by atoms with Crippen molar-refractivity contribution in [3.63, 3.8) is 0 Å². The number of aromatic nitrogens is 3. The molecule has 0 radical (unpaired) electrons. The number of aryl methyl sites for hydroxylation is 1. The minimum Gasteiger partial charge on any atom is -0.373 e. The molecule has 2 heterocycles. The number of hydrogen-bond acceptors (Lipinski definition) is 5. The Morgan fingerprint density at radius 1 is 1.44 bits per heavy atom. The maximum atomic E-state index is 11.3. The second kappa shape index (κ2) is 5.68. The average molecular weight is 262 g/mol. The second-order valence-corrected chi connectivity index (χ2v) is 4.74. The topological polar surface area (TPSA) is 70.7 Å². The zero-order valence-electron chi connectivity index (χ0n) is 10.2. The number of thioether (sulfide) groups is 1. The summed E-state index contributed by atoms with van der Waals surface area (Å²) in [4.78, 5) is 22.4. The van der Waals surface area contributed by atoms with Gasteiger partial charge in [0.1, 0.15) is 5.82 Å². The van der Waals surface area contributed by atoms with Crippen molar-refractivity contribution in [1.82, 2.24) is 15.0 Å². The Bertz CT molecular complexity index is 597. The largest absolute Gasteiger partial charge is 0.373 e. The Balaban J connectivity index is 2.08. The van der Waals surface area contributed by atoms with Crippen LogP contribution in [0.4, 0.5) is 5.82 Å². The summed E-state index contributed by atoms with van der Waals surface area (Å²) >= 11 is 1.50. The molecule has 94 valence electrons. The smallest absolute Gasteiger partial charge is 0.251 e. The van der Waals surface area contributed by atoms with Gasteiger partial charge in [-0.15, -0.1) is 0 Å². The van der Waals surface area contributed by atoms with Gasteiger partial charge in [-0.1, -0.05) is 11.8 Å². The van der Waals surface area contributed by atoms with E-state index in [0.29, 0.717) is 5.16 Å². The average Bonchev–Trinajstić information content (AvgIpc) is 2.35. The van der Waals surface area contributed by atoms with Gasteiger partial charge in [-0.3, -0.25) is 4.79 Å². The van der Waals surface area contributed by atoms with Crippen molar-refractivity contribution >= 4 is 17.6 Å². The van der Waals surface area contributed by atoms with Crippen LogP contribution in [0.15, 0.2) is 34.3 Å². The molecule has 0 aliphatic rings. The summed E-state index contributed by atoms with van der Waals surface area (Å²) in [5.74, 6) is 1.57. The number of hydrogen-bond donors (Lipinski definition) is 2. The first-order valence-electron chi connectivity index (χ1n) is 5.51. The van der Waals surface area contributed by atoms with E-state index in [4.69, 9.17) is 0 Å². The van der Waals surface area contributed by atoms with Crippen molar-refractivity contribution in [3.05, 3.63) is 46.0 Å². The van der Waals surface area contributed by atoms with Crippen molar-refractivity contribution in [1.29, 1.82) is 0 Å². The quantitative estimate of drug-likeness (QED) is 0.649. The fourth-order valence-corrected chi connectivity index (χ4v) is 2.34. The lowest BCUT2D eigenvalue weighted by Gasteiger charge is -2.04. The Morgan fingerprint density at radius 2 is 2.28 bits per heavy atom. The predicted molar refractivity (Wildman–Crippen MR) is 72.9 cm³/mol. The lowest BCUT2D eigenvalue weighted by atomic mass is 10.3. The van der Waals surface area contributed by atoms with Crippen molar-refractivity contribution in [2.24, 2.45) is 0 Å². The van der Waals surface area contributed by atoms with Gasteiger partial charge >= 0.3 is 0 Å². The SMILES string of the molecule is CNc1cc(CSc2nc(C)cc(=O)[nH]2)ccn1. The highest BCUT2D eigenvalue weighted by Crippen LogP contribution is 2.19. The van der Waals surface area contributed by atoms with Gasteiger partial charge in [0.05, 0.1) is 0 Å². The highest BCUT2D eigenvalue weighted by Gasteiger charge is 2.01. The fraction of sp³-hybridized carbons (Fsp3) is 0.250. The van der Waals surface area contributed by atoms with Gasteiger partial charge in [-0.25, -0.2) is 9.97 Å². The number of rotatable bonds is 4. The summed E-state index contributed by atoms with van der Waals surface area (Å²) in [6, 6.07) is 5.40. The normalized spacial score (nSPS) is 10.3. The Morgan fingerprint density at radius 3 is 3.00 bits per heavy atom. The summed E-state index contributed by atoms with van der Waals surface area (Å²) in [6.07, 6.45) is 1.76. The molecule has 0 aromatic carbocycles. The zero-order chi connectivity index (χ0) is 13.0. The highest BCUT2D eigenvalue weighted by atomic mass is 32.2. The highest BCUT2D eigenvalue weighted by molar-refractivity contribution is 7.98. The van der Waals surface area contributed by atoms with Crippen molar-refractivity contribution in [3.8, 4) is 0 Å². The first-order valence-corrected chi connectivity index (χ1v) is 6.49. The van der Waals surface area contributed by atoms with Gasteiger partial charge < -0.3 is 10.3 Å². The van der Waals surface area contributed by atoms with Gasteiger partial charge in [0.25, 0.3) is 5.56 Å². The molecular weight excluding hydrogens is 248 g/mol. The molecular formula is C12H14N4OS. The monoisotopic (exact) mass is 262 g/mol. The lowest BCUT2D eigenvalue weighted by molar-refractivity contribution is 0.905. The standard InChI is InChI=1S/C12H14N4OS/c1-8-5-11(17)16-12(15-8)18-7-9-3-4-14-10(6-9)13-2/h3-6H,7H2,1-2H3,(H,13,14)(H,15,16,17). The Kier molecular flexibility index (Phi) is 3.99. The van der Waals surface area contributed by atoms with Gasteiger partial charge in [-0.05, 0) is 24.6 Å².